The van der Waals surface area contributed by atoms with Crippen molar-refractivity contribution >= 4 is 29.3 Å². The van der Waals surface area contributed by atoms with Gasteiger partial charge in [-0.3, -0.25) is 4.79 Å². The van der Waals surface area contributed by atoms with Crippen molar-refractivity contribution in [2.45, 2.75) is 31.2 Å². The van der Waals surface area contributed by atoms with Crippen LogP contribution in [0.2, 0.25) is 5.02 Å². The van der Waals surface area contributed by atoms with Gasteiger partial charge in [0.05, 0.1) is 6.54 Å². The Morgan fingerprint density at radius 1 is 1.23 bits per heavy atom. The standard InChI is InChI=1S/C17H20ClNO2S/c1-13-5-8-15(21-13)12-19(2)17(20)4-3-11-22-16-9-6-14(18)7-10-16/h5-10H,3-4,11-12H2,1-2H3. The van der Waals surface area contributed by atoms with Gasteiger partial charge in [0.2, 0.25) is 5.91 Å². The van der Waals surface area contributed by atoms with Crippen molar-refractivity contribution in [3.63, 3.8) is 0 Å². The van der Waals surface area contributed by atoms with Crippen molar-refractivity contribution in [3.05, 3.63) is 52.9 Å². The van der Waals surface area contributed by atoms with Crippen molar-refractivity contribution in [2.75, 3.05) is 12.8 Å². The lowest BCUT2D eigenvalue weighted by atomic mass is 10.3. The predicted octanol–water partition coefficient (Wildman–Crippen LogP) is 4.77. The molecule has 3 nitrogen and oxygen atoms in total. The minimum atomic E-state index is 0.144. The molecule has 1 aromatic heterocycles. The van der Waals surface area contributed by atoms with E-state index in [1.165, 1.54) is 4.90 Å². The lowest BCUT2D eigenvalue weighted by Crippen LogP contribution is -2.25. The second kappa shape index (κ2) is 8.30. The number of thioether (sulfide) groups is 1. The number of aryl methyl sites for hydroxylation is 1. The molecule has 0 bridgehead atoms. The fourth-order valence-electron chi connectivity index (χ4n) is 2.03. The van der Waals surface area contributed by atoms with Crippen LogP contribution >= 0.6 is 23.4 Å². The van der Waals surface area contributed by atoms with Crippen LogP contribution in [0.3, 0.4) is 0 Å². The zero-order valence-corrected chi connectivity index (χ0v) is 14.4. The summed E-state index contributed by atoms with van der Waals surface area (Å²) in [5.41, 5.74) is 0. The summed E-state index contributed by atoms with van der Waals surface area (Å²) in [6, 6.07) is 11.6. The molecule has 0 unspecified atom stereocenters. The van der Waals surface area contributed by atoms with Gasteiger partial charge in [-0.15, -0.1) is 11.8 Å². The first-order chi connectivity index (χ1) is 10.5. The molecular formula is C17H20ClNO2S. The van der Waals surface area contributed by atoms with E-state index in [1.54, 1.807) is 16.7 Å². The molecule has 2 aromatic rings. The van der Waals surface area contributed by atoms with Crippen LogP contribution in [-0.4, -0.2) is 23.6 Å². The van der Waals surface area contributed by atoms with Gasteiger partial charge in [-0.2, -0.15) is 0 Å². The molecule has 0 saturated heterocycles. The summed E-state index contributed by atoms with van der Waals surface area (Å²) in [5.74, 6) is 2.76. The maximum Gasteiger partial charge on any atom is 0.222 e. The Kier molecular flexibility index (Phi) is 6.40. The van der Waals surface area contributed by atoms with E-state index < -0.39 is 0 Å². The van der Waals surface area contributed by atoms with Crippen molar-refractivity contribution in [3.8, 4) is 0 Å². The molecule has 118 valence electrons. The molecule has 0 saturated carbocycles. The highest BCUT2D eigenvalue weighted by atomic mass is 35.5. The van der Waals surface area contributed by atoms with Gasteiger partial charge in [-0.25, -0.2) is 0 Å². The maximum atomic E-state index is 12.1. The Bertz CT molecular complexity index is 609. The predicted molar refractivity (Wildman–Crippen MR) is 91.3 cm³/mol. The van der Waals surface area contributed by atoms with Crippen molar-refractivity contribution in [1.82, 2.24) is 4.90 Å². The first-order valence-electron chi connectivity index (χ1n) is 7.22. The van der Waals surface area contributed by atoms with Crippen LogP contribution in [0.4, 0.5) is 0 Å². The lowest BCUT2D eigenvalue weighted by molar-refractivity contribution is -0.130. The van der Waals surface area contributed by atoms with E-state index in [2.05, 4.69) is 0 Å². The van der Waals surface area contributed by atoms with Gasteiger partial charge in [-0.05, 0) is 55.5 Å². The minimum absolute atomic E-state index is 0.144. The quantitative estimate of drug-likeness (QED) is 0.539. The lowest BCUT2D eigenvalue weighted by Gasteiger charge is -2.15. The van der Waals surface area contributed by atoms with Crippen LogP contribution in [0.15, 0.2) is 45.7 Å². The molecule has 0 spiro atoms. The third kappa shape index (κ3) is 5.43. The van der Waals surface area contributed by atoms with Crippen LogP contribution in [0.1, 0.15) is 24.4 Å². The number of carbonyl (C=O) groups is 1. The second-order valence-corrected chi connectivity index (χ2v) is 6.77. The Hall–Kier alpha value is -1.39. The summed E-state index contributed by atoms with van der Waals surface area (Å²) >= 11 is 7.59. The first-order valence-corrected chi connectivity index (χ1v) is 8.58. The van der Waals surface area contributed by atoms with Crippen LogP contribution in [0, 0.1) is 6.92 Å². The average Bonchev–Trinajstić information content (AvgIpc) is 2.90. The fraction of sp³-hybridized carbons (Fsp3) is 0.353. The fourth-order valence-corrected chi connectivity index (χ4v) is 3.01. The summed E-state index contributed by atoms with van der Waals surface area (Å²) in [5, 5.41) is 0.745. The van der Waals surface area contributed by atoms with Crippen molar-refractivity contribution in [1.29, 1.82) is 0 Å². The number of hydrogen-bond donors (Lipinski definition) is 0. The van der Waals surface area contributed by atoms with Gasteiger partial charge in [-0.1, -0.05) is 11.6 Å². The minimum Gasteiger partial charge on any atom is -0.464 e. The smallest absolute Gasteiger partial charge is 0.222 e. The van der Waals surface area contributed by atoms with E-state index >= 15 is 0 Å². The van der Waals surface area contributed by atoms with Crippen molar-refractivity contribution < 1.29 is 9.21 Å². The molecule has 1 aromatic carbocycles. The first kappa shape index (κ1) is 17.0. The zero-order chi connectivity index (χ0) is 15.9. The van der Waals surface area contributed by atoms with E-state index in [0.717, 1.165) is 28.7 Å². The van der Waals surface area contributed by atoms with E-state index in [4.69, 9.17) is 16.0 Å². The Labute approximate surface area is 140 Å². The normalized spacial score (nSPS) is 10.7. The Morgan fingerprint density at radius 2 is 1.95 bits per heavy atom. The van der Waals surface area contributed by atoms with Crippen LogP contribution in [0.25, 0.3) is 0 Å². The van der Waals surface area contributed by atoms with Gasteiger partial charge in [0.25, 0.3) is 0 Å². The Balaban J connectivity index is 1.67. The van der Waals surface area contributed by atoms with Crippen LogP contribution in [-0.2, 0) is 11.3 Å². The van der Waals surface area contributed by atoms with E-state index in [1.807, 2.05) is 50.4 Å². The molecule has 0 aliphatic heterocycles. The van der Waals surface area contributed by atoms with E-state index in [9.17, 15) is 4.79 Å². The number of carbonyl (C=O) groups excluding carboxylic acids is 1. The molecule has 0 aliphatic rings. The van der Waals surface area contributed by atoms with E-state index in [0.29, 0.717) is 13.0 Å². The largest absolute Gasteiger partial charge is 0.464 e. The molecule has 2 rings (SSSR count). The molecule has 0 aliphatic carbocycles. The summed E-state index contributed by atoms with van der Waals surface area (Å²) in [6.45, 7) is 2.43. The second-order valence-electron chi connectivity index (χ2n) is 5.17. The molecule has 0 N–H and O–H groups in total. The summed E-state index contributed by atoms with van der Waals surface area (Å²) < 4.78 is 5.49. The number of furan rings is 1. The highest BCUT2D eigenvalue weighted by molar-refractivity contribution is 7.99. The topological polar surface area (TPSA) is 33.5 Å². The molecule has 5 heteroatoms. The monoisotopic (exact) mass is 337 g/mol. The van der Waals surface area contributed by atoms with E-state index in [-0.39, 0.29) is 5.91 Å². The summed E-state index contributed by atoms with van der Waals surface area (Å²) in [7, 11) is 1.81. The highest BCUT2D eigenvalue weighted by Gasteiger charge is 2.10. The molecule has 0 atom stereocenters. The molecule has 0 fully saturated rings. The van der Waals surface area contributed by atoms with Crippen LogP contribution in [0.5, 0.6) is 0 Å². The van der Waals surface area contributed by atoms with Crippen LogP contribution < -0.4 is 0 Å². The molecular weight excluding hydrogens is 318 g/mol. The number of nitrogens with zero attached hydrogens (tertiary/aromatic N) is 1. The summed E-state index contributed by atoms with van der Waals surface area (Å²) in [6.07, 6.45) is 1.41. The average molecular weight is 338 g/mol. The number of rotatable bonds is 7. The third-order valence-electron chi connectivity index (χ3n) is 3.23. The van der Waals surface area contributed by atoms with Gasteiger partial charge < -0.3 is 9.32 Å². The van der Waals surface area contributed by atoms with Gasteiger partial charge in [0.15, 0.2) is 0 Å². The van der Waals surface area contributed by atoms with Gasteiger partial charge in [0, 0.05) is 23.4 Å². The van der Waals surface area contributed by atoms with Gasteiger partial charge >= 0.3 is 0 Å². The molecule has 1 heterocycles. The molecule has 22 heavy (non-hydrogen) atoms. The highest BCUT2D eigenvalue weighted by Crippen LogP contribution is 2.21. The van der Waals surface area contributed by atoms with Gasteiger partial charge in [0.1, 0.15) is 11.5 Å². The molecule has 0 radical (unpaired) electrons. The number of amides is 1. The SMILES string of the molecule is Cc1ccc(CN(C)C(=O)CCCSc2ccc(Cl)cc2)o1. The Morgan fingerprint density at radius 3 is 2.59 bits per heavy atom. The maximum absolute atomic E-state index is 12.1. The molecule has 1 amide bonds. The zero-order valence-electron chi connectivity index (χ0n) is 12.8. The van der Waals surface area contributed by atoms with Crippen molar-refractivity contribution in [2.24, 2.45) is 0 Å². The number of benzene rings is 1. The third-order valence-corrected chi connectivity index (χ3v) is 4.58. The summed E-state index contributed by atoms with van der Waals surface area (Å²) in [4.78, 5) is 15.0. The number of hydrogen-bond acceptors (Lipinski definition) is 3. The number of halogens is 1.